The number of nitrogens with zero attached hydrogens (tertiary/aromatic N) is 2. The summed E-state index contributed by atoms with van der Waals surface area (Å²) in [6.45, 7) is 3.82. The maximum atomic E-state index is 12.2. The van der Waals surface area contributed by atoms with Gasteiger partial charge in [0.05, 0.1) is 17.9 Å². The molecule has 0 atom stereocenters. The number of carbonyl (C=O) groups excluding carboxylic acids is 2. The van der Waals surface area contributed by atoms with Gasteiger partial charge in [-0.25, -0.2) is 4.68 Å². The van der Waals surface area contributed by atoms with Gasteiger partial charge in [-0.3, -0.25) is 9.59 Å². The molecule has 3 aromatic rings. The predicted molar refractivity (Wildman–Crippen MR) is 100 cm³/mol. The van der Waals surface area contributed by atoms with Crippen molar-refractivity contribution in [2.45, 2.75) is 13.8 Å². The van der Waals surface area contributed by atoms with Crippen molar-refractivity contribution < 1.29 is 9.59 Å². The first-order valence-electron chi connectivity index (χ1n) is 8.30. The summed E-state index contributed by atoms with van der Waals surface area (Å²) in [4.78, 5) is 24.1. The Bertz CT molecular complexity index is 915. The minimum atomic E-state index is -0.298. The van der Waals surface area contributed by atoms with Crippen molar-refractivity contribution in [3.63, 3.8) is 0 Å². The highest BCUT2D eigenvalue weighted by Gasteiger charge is 2.09. The molecule has 0 saturated heterocycles. The Balaban J connectivity index is 1.58. The van der Waals surface area contributed by atoms with Crippen LogP contribution in [-0.4, -0.2) is 28.1 Å². The molecule has 0 saturated carbocycles. The van der Waals surface area contributed by atoms with Crippen LogP contribution >= 0.6 is 0 Å². The highest BCUT2D eigenvalue weighted by molar-refractivity contribution is 5.99. The first-order chi connectivity index (χ1) is 12.5. The standard InChI is InChI=1S/C20H20N4O2/c1-14-12-15(2)24(23-14)18-10-8-16(9-11-18)20(26)21-13-19(25)22-17-6-4-3-5-7-17/h3-12H,13H2,1-2H3,(H,21,26)(H,22,25). The molecule has 0 radical (unpaired) electrons. The molecule has 1 heterocycles. The third kappa shape index (κ3) is 4.16. The van der Waals surface area contributed by atoms with Gasteiger partial charge in [0.1, 0.15) is 0 Å². The minimum Gasteiger partial charge on any atom is -0.343 e. The van der Waals surface area contributed by atoms with Crippen LogP contribution < -0.4 is 10.6 Å². The molecule has 26 heavy (non-hydrogen) atoms. The van der Waals surface area contributed by atoms with Crippen molar-refractivity contribution in [2.24, 2.45) is 0 Å². The van der Waals surface area contributed by atoms with Crippen LogP contribution in [0.5, 0.6) is 0 Å². The topological polar surface area (TPSA) is 76.0 Å². The largest absolute Gasteiger partial charge is 0.343 e. The summed E-state index contributed by atoms with van der Waals surface area (Å²) in [5.41, 5.74) is 4.03. The lowest BCUT2D eigenvalue weighted by Crippen LogP contribution is -2.32. The van der Waals surface area contributed by atoms with E-state index in [2.05, 4.69) is 15.7 Å². The Morgan fingerprint density at radius 2 is 1.69 bits per heavy atom. The third-order valence-electron chi connectivity index (χ3n) is 3.85. The SMILES string of the molecule is Cc1cc(C)n(-c2ccc(C(=O)NCC(=O)Nc3ccccc3)cc2)n1. The van der Waals surface area contributed by atoms with Gasteiger partial charge in [-0.05, 0) is 56.3 Å². The number of amides is 2. The molecule has 0 aliphatic carbocycles. The molecule has 0 bridgehead atoms. The normalized spacial score (nSPS) is 10.4. The second-order valence-corrected chi connectivity index (χ2v) is 5.98. The maximum Gasteiger partial charge on any atom is 0.251 e. The lowest BCUT2D eigenvalue weighted by atomic mass is 10.2. The molecule has 6 heteroatoms. The van der Waals surface area contributed by atoms with E-state index in [1.54, 1.807) is 24.3 Å². The molecule has 3 rings (SSSR count). The van der Waals surface area contributed by atoms with Crippen LogP contribution in [0.3, 0.4) is 0 Å². The molecule has 0 unspecified atom stereocenters. The van der Waals surface area contributed by atoms with Crippen LogP contribution in [0, 0.1) is 13.8 Å². The van der Waals surface area contributed by atoms with E-state index in [1.165, 1.54) is 0 Å². The quantitative estimate of drug-likeness (QED) is 0.744. The zero-order valence-electron chi connectivity index (χ0n) is 14.7. The lowest BCUT2D eigenvalue weighted by molar-refractivity contribution is -0.115. The molecule has 6 nitrogen and oxygen atoms in total. The number of hydrogen-bond acceptors (Lipinski definition) is 3. The summed E-state index contributed by atoms with van der Waals surface area (Å²) in [5.74, 6) is -0.572. The molecule has 0 aliphatic rings. The highest BCUT2D eigenvalue weighted by Crippen LogP contribution is 2.13. The Morgan fingerprint density at radius 1 is 1.00 bits per heavy atom. The monoisotopic (exact) mass is 348 g/mol. The first kappa shape index (κ1) is 17.4. The number of aromatic nitrogens is 2. The fourth-order valence-electron chi connectivity index (χ4n) is 2.63. The molecule has 2 N–H and O–H groups in total. The molecule has 0 fully saturated rings. The first-order valence-corrected chi connectivity index (χ1v) is 8.30. The summed E-state index contributed by atoms with van der Waals surface area (Å²) < 4.78 is 1.82. The van der Waals surface area contributed by atoms with E-state index >= 15 is 0 Å². The van der Waals surface area contributed by atoms with Gasteiger partial charge in [0.2, 0.25) is 5.91 Å². The molecule has 1 aromatic heterocycles. The van der Waals surface area contributed by atoms with Crippen LogP contribution in [0.15, 0.2) is 60.7 Å². The molecule has 0 spiro atoms. The van der Waals surface area contributed by atoms with Crippen LogP contribution in [0.25, 0.3) is 5.69 Å². The van der Waals surface area contributed by atoms with E-state index in [1.807, 2.05) is 54.9 Å². The van der Waals surface area contributed by atoms with Crippen LogP contribution in [0.2, 0.25) is 0 Å². The van der Waals surface area contributed by atoms with Crippen molar-refractivity contribution in [1.29, 1.82) is 0 Å². The molecule has 0 aliphatic heterocycles. The van der Waals surface area contributed by atoms with Gasteiger partial charge >= 0.3 is 0 Å². The Morgan fingerprint density at radius 3 is 2.31 bits per heavy atom. The number of para-hydroxylation sites is 1. The average Bonchev–Trinajstić information content (AvgIpc) is 2.99. The van der Waals surface area contributed by atoms with Gasteiger partial charge in [0.15, 0.2) is 0 Å². The fourth-order valence-corrected chi connectivity index (χ4v) is 2.63. The van der Waals surface area contributed by atoms with Gasteiger partial charge in [-0.1, -0.05) is 18.2 Å². The van der Waals surface area contributed by atoms with Crippen molar-refractivity contribution >= 4 is 17.5 Å². The van der Waals surface area contributed by atoms with E-state index in [0.717, 1.165) is 17.1 Å². The van der Waals surface area contributed by atoms with Crippen molar-refractivity contribution in [1.82, 2.24) is 15.1 Å². The van der Waals surface area contributed by atoms with E-state index in [4.69, 9.17) is 0 Å². The number of benzene rings is 2. The molecular formula is C20H20N4O2. The number of rotatable bonds is 5. The zero-order valence-corrected chi connectivity index (χ0v) is 14.7. The van der Waals surface area contributed by atoms with Crippen molar-refractivity contribution in [3.05, 3.63) is 77.6 Å². The Hall–Kier alpha value is -3.41. The average molecular weight is 348 g/mol. The number of anilines is 1. The van der Waals surface area contributed by atoms with Gasteiger partial charge in [-0.2, -0.15) is 5.10 Å². The van der Waals surface area contributed by atoms with Crippen molar-refractivity contribution in [2.75, 3.05) is 11.9 Å². The maximum absolute atomic E-state index is 12.2. The molecule has 2 amide bonds. The second-order valence-electron chi connectivity index (χ2n) is 5.98. The molecule has 132 valence electrons. The minimum absolute atomic E-state index is 0.0903. The van der Waals surface area contributed by atoms with E-state index < -0.39 is 0 Å². The zero-order chi connectivity index (χ0) is 18.5. The van der Waals surface area contributed by atoms with Crippen molar-refractivity contribution in [3.8, 4) is 5.69 Å². The number of nitrogens with one attached hydrogen (secondary N) is 2. The number of aryl methyl sites for hydroxylation is 2. The van der Waals surface area contributed by atoms with E-state index in [0.29, 0.717) is 11.3 Å². The summed E-state index contributed by atoms with van der Waals surface area (Å²) in [7, 11) is 0. The van der Waals surface area contributed by atoms with E-state index in [9.17, 15) is 9.59 Å². The van der Waals surface area contributed by atoms with Crippen LogP contribution in [0.1, 0.15) is 21.7 Å². The molecular weight excluding hydrogens is 328 g/mol. The van der Waals surface area contributed by atoms with E-state index in [-0.39, 0.29) is 18.4 Å². The second kappa shape index (κ2) is 7.65. The highest BCUT2D eigenvalue weighted by atomic mass is 16.2. The summed E-state index contributed by atoms with van der Waals surface area (Å²) in [6, 6.07) is 18.2. The fraction of sp³-hybridized carbons (Fsp3) is 0.150. The summed E-state index contributed by atoms with van der Waals surface area (Å²) in [5, 5.41) is 9.76. The molecule has 2 aromatic carbocycles. The third-order valence-corrected chi connectivity index (χ3v) is 3.85. The number of carbonyl (C=O) groups is 2. The smallest absolute Gasteiger partial charge is 0.251 e. The van der Waals surface area contributed by atoms with Gasteiger partial charge < -0.3 is 10.6 Å². The number of hydrogen-bond donors (Lipinski definition) is 2. The summed E-state index contributed by atoms with van der Waals surface area (Å²) in [6.07, 6.45) is 0. The van der Waals surface area contributed by atoms with Crippen LogP contribution in [-0.2, 0) is 4.79 Å². The Kier molecular flexibility index (Phi) is 5.12. The predicted octanol–water partition coefficient (Wildman–Crippen LogP) is 2.86. The lowest BCUT2D eigenvalue weighted by Gasteiger charge is -2.08. The van der Waals surface area contributed by atoms with Crippen LogP contribution in [0.4, 0.5) is 5.69 Å². The summed E-state index contributed by atoms with van der Waals surface area (Å²) >= 11 is 0. The van der Waals surface area contributed by atoms with Gasteiger partial charge in [0.25, 0.3) is 5.91 Å². The Labute approximate surface area is 151 Å². The van der Waals surface area contributed by atoms with Gasteiger partial charge in [0, 0.05) is 16.9 Å². The van der Waals surface area contributed by atoms with Gasteiger partial charge in [-0.15, -0.1) is 0 Å².